The normalized spacial score (nSPS) is 11.1. The summed E-state index contributed by atoms with van der Waals surface area (Å²) in [7, 11) is 0. The van der Waals surface area contributed by atoms with Crippen molar-refractivity contribution in [1.29, 1.82) is 0 Å². The molecule has 0 aromatic heterocycles. The van der Waals surface area contributed by atoms with Gasteiger partial charge in [0, 0.05) is 30.9 Å². The van der Waals surface area contributed by atoms with Crippen LogP contribution in [0, 0.1) is 10.1 Å². The van der Waals surface area contributed by atoms with Crippen molar-refractivity contribution in [2.75, 3.05) is 57.6 Å². The number of non-ortho nitro benzene ring substituents is 1. The third-order valence-electron chi connectivity index (χ3n) is 4.04. The van der Waals surface area contributed by atoms with Gasteiger partial charge in [-0.3, -0.25) is 10.1 Å². The molecule has 0 aliphatic rings. The smallest absolute Gasteiger partial charge is 0.269 e. The molecule has 0 radical (unpaired) electrons. The number of anilines is 1. The molecule has 2 aromatic rings. The van der Waals surface area contributed by atoms with Gasteiger partial charge in [-0.15, -0.1) is 0 Å². The van der Waals surface area contributed by atoms with E-state index in [1.807, 2.05) is 17.0 Å². The molecule has 0 spiro atoms. The van der Waals surface area contributed by atoms with Crippen molar-refractivity contribution in [1.82, 2.24) is 0 Å². The van der Waals surface area contributed by atoms with Gasteiger partial charge in [-0.1, -0.05) is 0 Å². The average molecular weight is 418 g/mol. The Morgan fingerprint density at radius 1 is 0.800 bits per heavy atom. The number of hydrogen-bond acceptors (Lipinski definition) is 9. The van der Waals surface area contributed by atoms with Gasteiger partial charge >= 0.3 is 0 Å². The highest BCUT2D eigenvalue weighted by atomic mass is 16.6. The van der Waals surface area contributed by atoms with Crippen molar-refractivity contribution >= 4 is 22.7 Å². The van der Waals surface area contributed by atoms with Gasteiger partial charge in [0.1, 0.15) is 0 Å². The zero-order valence-electron chi connectivity index (χ0n) is 16.6. The summed E-state index contributed by atoms with van der Waals surface area (Å²) < 4.78 is 10.6. The van der Waals surface area contributed by atoms with E-state index < -0.39 is 4.92 Å². The first-order valence-corrected chi connectivity index (χ1v) is 9.52. The Kier molecular flexibility index (Phi) is 10.4. The van der Waals surface area contributed by atoms with Gasteiger partial charge in [-0.25, -0.2) is 0 Å². The van der Waals surface area contributed by atoms with Crippen LogP contribution in [-0.2, 0) is 9.47 Å². The molecular formula is C20H26N4O6. The van der Waals surface area contributed by atoms with Gasteiger partial charge in [0.05, 0.1) is 55.9 Å². The van der Waals surface area contributed by atoms with Crippen LogP contribution in [0.15, 0.2) is 58.8 Å². The summed E-state index contributed by atoms with van der Waals surface area (Å²) in [6.07, 6.45) is 0. The lowest BCUT2D eigenvalue weighted by atomic mass is 10.2. The topological polar surface area (TPSA) is 130 Å². The second kappa shape index (κ2) is 13.3. The van der Waals surface area contributed by atoms with Crippen LogP contribution >= 0.6 is 0 Å². The average Bonchev–Trinajstić information content (AvgIpc) is 2.77. The molecule has 2 aromatic carbocycles. The molecule has 0 amide bonds. The number of hydrogen-bond donors (Lipinski definition) is 2. The molecule has 10 heteroatoms. The fourth-order valence-corrected chi connectivity index (χ4v) is 2.54. The van der Waals surface area contributed by atoms with E-state index in [0.29, 0.717) is 50.9 Å². The van der Waals surface area contributed by atoms with Gasteiger partial charge in [0.15, 0.2) is 0 Å². The Morgan fingerprint density at radius 2 is 1.37 bits per heavy atom. The molecule has 0 bridgehead atoms. The first kappa shape index (κ1) is 23.4. The number of nitro benzene ring substituents is 1. The molecule has 0 fully saturated rings. The van der Waals surface area contributed by atoms with Crippen molar-refractivity contribution in [3.8, 4) is 0 Å². The van der Waals surface area contributed by atoms with E-state index in [1.165, 1.54) is 24.3 Å². The Labute approximate surface area is 174 Å². The summed E-state index contributed by atoms with van der Waals surface area (Å²) in [5.74, 6) is 0. The summed E-state index contributed by atoms with van der Waals surface area (Å²) in [4.78, 5) is 12.2. The Morgan fingerprint density at radius 3 is 1.90 bits per heavy atom. The molecule has 0 aliphatic carbocycles. The molecule has 30 heavy (non-hydrogen) atoms. The van der Waals surface area contributed by atoms with Crippen LogP contribution in [0.2, 0.25) is 0 Å². The second-order valence-corrected chi connectivity index (χ2v) is 6.15. The van der Waals surface area contributed by atoms with Crippen LogP contribution in [0.5, 0.6) is 0 Å². The molecule has 0 saturated heterocycles. The Hall–Kier alpha value is -2.92. The summed E-state index contributed by atoms with van der Waals surface area (Å²) in [6, 6.07) is 13.2. The molecule has 0 atom stereocenters. The second-order valence-electron chi connectivity index (χ2n) is 6.15. The zero-order valence-corrected chi connectivity index (χ0v) is 16.6. The van der Waals surface area contributed by atoms with E-state index in [9.17, 15) is 15.2 Å². The summed E-state index contributed by atoms with van der Waals surface area (Å²) in [5.41, 5.74) is 2.08. The molecule has 0 aliphatic heterocycles. The van der Waals surface area contributed by atoms with E-state index >= 15 is 0 Å². The first-order valence-electron chi connectivity index (χ1n) is 9.52. The van der Waals surface area contributed by atoms with E-state index in [4.69, 9.17) is 14.6 Å². The van der Waals surface area contributed by atoms with Crippen molar-refractivity contribution in [3.63, 3.8) is 0 Å². The molecule has 0 unspecified atom stereocenters. The monoisotopic (exact) mass is 418 g/mol. The lowest BCUT2D eigenvalue weighted by molar-refractivity contribution is -0.384. The number of nitro groups is 1. The Bertz CT molecular complexity index is 783. The highest BCUT2D eigenvalue weighted by Crippen LogP contribution is 2.23. The molecule has 0 heterocycles. The third-order valence-corrected chi connectivity index (χ3v) is 4.04. The van der Waals surface area contributed by atoms with Crippen molar-refractivity contribution < 1.29 is 24.6 Å². The maximum Gasteiger partial charge on any atom is 0.269 e. The number of nitrogens with zero attached hydrogens (tertiary/aromatic N) is 4. The van der Waals surface area contributed by atoms with Crippen LogP contribution < -0.4 is 4.90 Å². The van der Waals surface area contributed by atoms with E-state index in [1.54, 1.807) is 12.1 Å². The van der Waals surface area contributed by atoms with Gasteiger partial charge in [-0.2, -0.15) is 10.2 Å². The fourth-order valence-electron chi connectivity index (χ4n) is 2.54. The lowest BCUT2D eigenvalue weighted by Crippen LogP contribution is -2.30. The minimum atomic E-state index is -0.464. The fraction of sp³-hybridized carbons (Fsp3) is 0.400. The molecule has 0 saturated carbocycles. The van der Waals surface area contributed by atoms with E-state index in [0.717, 1.165) is 5.69 Å². The first-order chi connectivity index (χ1) is 14.6. The molecule has 2 N–H and O–H groups in total. The van der Waals surface area contributed by atoms with E-state index in [-0.39, 0.29) is 18.9 Å². The van der Waals surface area contributed by atoms with Crippen LogP contribution in [0.25, 0.3) is 0 Å². The van der Waals surface area contributed by atoms with Crippen molar-refractivity contribution in [3.05, 3.63) is 58.6 Å². The lowest BCUT2D eigenvalue weighted by Gasteiger charge is -2.24. The number of aliphatic hydroxyl groups is 2. The van der Waals surface area contributed by atoms with Crippen molar-refractivity contribution in [2.45, 2.75) is 0 Å². The largest absolute Gasteiger partial charge is 0.395 e. The predicted octanol–water partition coefficient (Wildman–Crippen LogP) is 2.83. The maximum absolute atomic E-state index is 10.7. The maximum atomic E-state index is 10.7. The van der Waals surface area contributed by atoms with Gasteiger partial charge in [0.25, 0.3) is 5.69 Å². The molecule has 2 rings (SSSR count). The van der Waals surface area contributed by atoms with Gasteiger partial charge < -0.3 is 24.6 Å². The summed E-state index contributed by atoms with van der Waals surface area (Å²) in [6.45, 7) is 2.72. The van der Waals surface area contributed by atoms with Crippen molar-refractivity contribution in [2.24, 2.45) is 10.2 Å². The number of benzene rings is 2. The molecule has 10 nitrogen and oxygen atoms in total. The highest BCUT2D eigenvalue weighted by Gasteiger charge is 2.06. The molecule has 162 valence electrons. The number of ether oxygens (including phenoxy) is 2. The molecular weight excluding hydrogens is 392 g/mol. The number of azo groups is 1. The SMILES string of the molecule is O=[N+]([O-])c1ccc(N=Nc2ccc(N(CCO)CCOCCOCCO)cc2)cc1. The minimum Gasteiger partial charge on any atom is -0.395 e. The Balaban J connectivity index is 1.87. The summed E-state index contributed by atoms with van der Waals surface area (Å²) >= 11 is 0. The van der Waals surface area contributed by atoms with Gasteiger partial charge in [0.2, 0.25) is 0 Å². The zero-order chi connectivity index (χ0) is 21.6. The quantitative estimate of drug-likeness (QED) is 0.209. The van der Waals surface area contributed by atoms with Gasteiger partial charge in [-0.05, 0) is 36.4 Å². The highest BCUT2D eigenvalue weighted by molar-refractivity contribution is 5.53. The predicted molar refractivity (Wildman–Crippen MR) is 112 cm³/mol. The van der Waals surface area contributed by atoms with Crippen LogP contribution in [0.4, 0.5) is 22.7 Å². The van der Waals surface area contributed by atoms with E-state index in [2.05, 4.69) is 10.2 Å². The number of rotatable bonds is 14. The van der Waals surface area contributed by atoms with Crippen LogP contribution in [-0.4, -0.2) is 67.9 Å². The van der Waals surface area contributed by atoms with Crippen LogP contribution in [0.3, 0.4) is 0 Å². The standard InChI is InChI=1S/C20H26N4O6/c25-11-9-23(10-13-29-15-16-30-14-12-26)19-5-1-17(2-6-19)21-22-18-3-7-20(8-4-18)24(27)28/h1-8,25-26H,9-16H2. The van der Waals surface area contributed by atoms with Crippen LogP contribution in [0.1, 0.15) is 0 Å². The minimum absolute atomic E-state index is 0.00365. The summed E-state index contributed by atoms with van der Waals surface area (Å²) in [5, 5.41) is 36.8. The third kappa shape index (κ3) is 8.21. The number of aliphatic hydroxyl groups excluding tert-OH is 2.